The highest BCUT2D eigenvalue weighted by atomic mass is 16.5. The van der Waals surface area contributed by atoms with Crippen LogP contribution >= 0.6 is 0 Å². The number of imidazole rings is 1. The number of methoxy groups -OCH3 is 1. The predicted molar refractivity (Wildman–Crippen MR) is 77.8 cm³/mol. The molecule has 2 heterocycles. The van der Waals surface area contributed by atoms with E-state index in [1.165, 1.54) is 0 Å². The lowest BCUT2D eigenvalue weighted by atomic mass is 10.3. The van der Waals surface area contributed by atoms with Gasteiger partial charge >= 0.3 is 0 Å². The summed E-state index contributed by atoms with van der Waals surface area (Å²) in [6, 6.07) is 2.12. The Morgan fingerprint density at radius 2 is 2.15 bits per heavy atom. The molecular formula is C14H21N5O. The third kappa shape index (κ3) is 3.77. The molecule has 0 radical (unpaired) electrons. The van der Waals surface area contributed by atoms with Crippen LogP contribution in [0.5, 0.6) is 0 Å². The van der Waals surface area contributed by atoms with Gasteiger partial charge < -0.3 is 14.6 Å². The molecule has 0 amide bonds. The molecule has 0 aliphatic heterocycles. The van der Waals surface area contributed by atoms with Crippen molar-refractivity contribution in [2.75, 3.05) is 19.0 Å². The molecule has 0 spiro atoms. The normalized spacial score (nSPS) is 12.4. The fourth-order valence-corrected chi connectivity index (χ4v) is 2.06. The molecule has 1 atom stereocenters. The number of aromatic nitrogens is 4. The summed E-state index contributed by atoms with van der Waals surface area (Å²) in [5.74, 6) is 1.62. The maximum Gasteiger partial charge on any atom is 0.203 e. The molecule has 0 aliphatic rings. The summed E-state index contributed by atoms with van der Waals surface area (Å²) in [6.07, 6.45) is 3.79. The van der Waals surface area contributed by atoms with Gasteiger partial charge in [0, 0.05) is 25.5 Å². The second kappa shape index (κ2) is 6.47. The lowest BCUT2D eigenvalue weighted by Crippen LogP contribution is -2.23. The van der Waals surface area contributed by atoms with Crippen LogP contribution in [0.15, 0.2) is 18.5 Å². The number of ether oxygens (including phenoxy) is 1. The standard InChI is InChI=1S/C14H21N5O/c1-10-7-19(8-13-5-6-15-12(3)18-13)14(16-10)17-11(2)9-20-4/h5-7,11H,8-9H2,1-4H3,(H,16,17). The van der Waals surface area contributed by atoms with E-state index in [1.807, 2.05) is 26.1 Å². The van der Waals surface area contributed by atoms with Crippen LogP contribution in [-0.4, -0.2) is 39.3 Å². The van der Waals surface area contributed by atoms with Crippen LogP contribution in [0.25, 0.3) is 0 Å². The first kappa shape index (κ1) is 14.5. The third-order valence-corrected chi connectivity index (χ3v) is 2.86. The van der Waals surface area contributed by atoms with Crippen molar-refractivity contribution in [1.82, 2.24) is 19.5 Å². The number of hydrogen-bond donors (Lipinski definition) is 1. The van der Waals surface area contributed by atoms with Crippen LogP contribution in [0.2, 0.25) is 0 Å². The predicted octanol–water partition coefficient (Wildman–Crippen LogP) is 1.79. The Morgan fingerprint density at radius 1 is 1.35 bits per heavy atom. The van der Waals surface area contributed by atoms with Gasteiger partial charge in [-0.2, -0.15) is 0 Å². The van der Waals surface area contributed by atoms with E-state index in [0.29, 0.717) is 13.2 Å². The van der Waals surface area contributed by atoms with Crippen molar-refractivity contribution in [3.05, 3.63) is 35.7 Å². The molecule has 0 aromatic carbocycles. The van der Waals surface area contributed by atoms with Crippen LogP contribution in [0, 0.1) is 13.8 Å². The Balaban J connectivity index is 2.15. The lowest BCUT2D eigenvalue weighted by molar-refractivity contribution is 0.190. The van der Waals surface area contributed by atoms with Crippen molar-refractivity contribution in [1.29, 1.82) is 0 Å². The van der Waals surface area contributed by atoms with Gasteiger partial charge in [0.1, 0.15) is 5.82 Å². The average molecular weight is 275 g/mol. The maximum atomic E-state index is 5.14. The molecule has 2 rings (SSSR count). The second-order valence-electron chi connectivity index (χ2n) is 4.93. The molecule has 0 bridgehead atoms. The van der Waals surface area contributed by atoms with Crippen molar-refractivity contribution < 1.29 is 4.74 Å². The zero-order valence-electron chi connectivity index (χ0n) is 12.4. The second-order valence-corrected chi connectivity index (χ2v) is 4.93. The Hall–Kier alpha value is -1.95. The summed E-state index contributed by atoms with van der Waals surface area (Å²) in [7, 11) is 1.69. The fourth-order valence-electron chi connectivity index (χ4n) is 2.06. The van der Waals surface area contributed by atoms with Gasteiger partial charge in [-0.3, -0.25) is 0 Å². The monoisotopic (exact) mass is 275 g/mol. The van der Waals surface area contributed by atoms with E-state index in [-0.39, 0.29) is 6.04 Å². The van der Waals surface area contributed by atoms with Crippen molar-refractivity contribution in [3.63, 3.8) is 0 Å². The summed E-state index contributed by atoms with van der Waals surface area (Å²) in [6.45, 7) is 7.24. The number of anilines is 1. The molecule has 6 heteroatoms. The first-order valence-corrected chi connectivity index (χ1v) is 6.66. The van der Waals surface area contributed by atoms with Gasteiger partial charge in [-0.25, -0.2) is 15.0 Å². The van der Waals surface area contributed by atoms with E-state index in [0.717, 1.165) is 23.2 Å². The molecule has 108 valence electrons. The molecule has 0 saturated carbocycles. The molecule has 6 nitrogen and oxygen atoms in total. The quantitative estimate of drug-likeness (QED) is 0.870. The fraction of sp³-hybridized carbons (Fsp3) is 0.500. The first-order chi connectivity index (χ1) is 9.58. The Kier molecular flexibility index (Phi) is 4.68. The average Bonchev–Trinajstić information content (AvgIpc) is 2.69. The van der Waals surface area contributed by atoms with Crippen LogP contribution < -0.4 is 5.32 Å². The van der Waals surface area contributed by atoms with Crippen molar-refractivity contribution >= 4 is 5.95 Å². The molecule has 1 N–H and O–H groups in total. The third-order valence-electron chi connectivity index (χ3n) is 2.86. The summed E-state index contributed by atoms with van der Waals surface area (Å²) in [5.41, 5.74) is 1.94. The van der Waals surface area contributed by atoms with E-state index < -0.39 is 0 Å². The Bertz CT molecular complexity index is 566. The summed E-state index contributed by atoms with van der Waals surface area (Å²) >= 11 is 0. The Morgan fingerprint density at radius 3 is 2.85 bits per heavy atom. The van der Waals surface area contributed by atoms with E-state index in [9.17, 15) is 0 Å². The minimum atomic E-state index is 0.202. The molecule has 0 saturated heterocycles. The zero-order valence-corrected chi connectivity index (χ0v) is 12.4. The van der Waals surface area contributed by atoms with Gasteiger partial charge in [-0.15, -0.1) is 0 Å². The van der Waals surface area contributed by atoms with Gasteiger partial charge in [0.15, 0.2) is 0 Å². The molecule has 20 heavy (non-hydrogen) atoms. The highest BCUT2D eigenvalue weighted by Crippen LogP contribution is 2.12. The number of hydrogen-bond acceptors (Lipinski definition) is 5. The summed E-state index contributed by atoms with van der Waals surface area (Å²) in [4.78, 5) is 13.0. The Labute approximate surface area is 119 Å². The molecule has 0 fully saturated rings. The van der Waals surface area contributed by atoms with Crippen LogP contribution in [-0.2, 0) is 11.3 Å². The SMILES string of the molecule is COCC(C)Nc1nc(C)cn1Cc1ccnc(C)n1. The largest absolute Gasteiger partial charge is 0.383 e. The van der Waals surface area contributed by atoms with Crippen molar-refractivity contribution in [2.45, 2.75) is 33.4 Å². The highest BCUT2D eigenvalue weighted by molar-refractivity contribution is 5.31. The van der Waals surface area contributed by atoms with Crippen molar-refractivity contribution in [3.8, 4) is 0 Å². The molecule has 0 aliphatic carbocycles. The van der Waals surface area contributed by atoms with Gasteiger partial charge in [-0.1, -0.05) is 0 Å². The van der Waals surface area contributed by atoms with E-state index in [2.05, 4.69) is 31.8 Å². The first-order valence-electron chi connectivity index (χ1n) is 6.66. The van der Waals surface area contributed by atoms with Crippen LogP contribution in [0.4, 0.5) is 5.95 Å². The number of nitrogens with zero attached hydrogens (tertiary/aromatic N) is 4. The lowest BCUT2D eigenvalue weighted by Gasteiger charge is -2.15. The van der Waals surface area contributed by atoms with Gasteiger partial charge in [0.2, 0.25) is 5.95 Å². The zero-order chi connectivity index (χ0) is 14.5. The van der Waals surface area contributed by atoms with E-state index in [1.54, 1.807) is 13.3 Å². The highest BCUT2D eigenvalue weighted by Gasteiger charge is 2.10. The minimum absolute atomic E-state index is 0.202. The number of rotatable bonds is 6. The number of nitrogens with one attached hydrogen (secondary N) is 1. The van der Waals surface area contributed by atoms with Gasteiger partial charge in [0.25, 0.3) is 0 Å². The van der Waals surface area contributed by atoms with E-state index in [4.69, 9.17) is 4.74 Å². The topological polar surface area (TPSA) is 64.9 Å². The molecular weight excluding hydrogens is 254 g/mol. The van der Waals surface area contributed by atoms with Crippen molar-refractivity contribution in [2.24, 2.45) is 0 Å². The molecule has 2 aromatic rings. The van der Waals surface area contributed by atoms with E-state index >= 15 is 0 Å². The van der Waals surface area contributed by atoms with Gasteiger partial charge in [-0.05, 0) is 26.8 Å². The van der Waals surface area contributed by atoms with Crippen LogP contribution in [0.1, 0.15) is 24.1 Å². The summed E-state index contributed by atoms with van der Waals surface area (Å²) < 4.78 is 7.20. The summed E-state index contributed by atoms with van der Waals surface area (Å²) in [5, 5.41) is 3.35. The smallest absolute Gasteiger partial charge is 0.203 e. The van der Waals surface area contributed by atoms with Crippen LogP contribution in [0.3, 0.4) is 0 Å². The number of aryl methyl sites for hydroxylation is 2. The van der Waals surface area contributed by atoms with Gasteiger partial charge in [0.05, 0.1) is 24.5 Å². The molecule has 2 aromatic heterocycles. The minimum Gasteiger partial charge on any atom is -0.383 e. The maximum absolute atomic E-state index is 5.14. The molecule has 1 unspecified atom stereocenters.